The Bertz CT molecular complexity index is 625. The molecule has 0 saturated heterocycles. The highest BCUT2D eigenvalue weighted by atomic mass is 32.2. The molecule has 0 spiro atoms. The number of carbonyl (C=O) groups excluding carboxylic acids is 1. The molecular weight excluding hydrogens is 284 g/mol. The fraction of sp³-hybridized carbons (Fsp3) is 0.417. The number of amides is 1. The zero-order valence-corrected chi connectivity index (χ0v) is 12.1. The topological polar surface area (TPSA) is 106 Å². The predicted octanol–water partition coefficient (Wildman–Crippen LogP) is 1.67. The maximum atomic E-state index is 11.7. The van der Waals surface area contributed by atoms with E-state index in [0.29, 0.717) is 12.0 Å². The van der Waals surface area contributed by atoms with Gasteiger partial charge in [-0.05, 0) is 19.4 Å². The van der Waals surface area contributed by atoms with Gasteiger partial charge in [0.05, 0.1) is 21.9 Å². The maximum Gasteiger partial charge on any atom is 0.274 e. The molecule has 0 bridgehead atoms. The minimum absolute atomic E-state index is 0.0612. The highest BCUT2D eigenvalue weighted by molar-refractivity contribution is 7.92. The molecule has 0 aliphatic heterocycles. The Morgan fingerprint density at radius 1 is 1.40 bits per heavy atom. The summed E-state index contributed by atoms with van der Waals surface area (Å²) in [5, 5.41) is 13.2. The van der Waals surface area contributed by atoms with E-state index in [1.807, 2.05) is 0 Å². The lowest BCUT2D eigenvalue weighted by molar-refractivity contribution is -0.385. The van der Waals surface area contributed by atoms with Crippen LogP contribution in [0.3, 0.4) is 0 Å². The van der Waals surface area contributed by atoms with Gasteiger partial charge < -0.3 is 5.32 Å². The monoisotopic (exact) mass is 300 g/mol. The number of nitro groups is 1. The number of rotatable bonds is 6. The van der Waals surface area contributed by atoms with Gasteiger partial charge in [-0.25, -0.2) is 8.42 Å². The third-order valence-electron chi connectivity index (χ3n) is 2.64. The molecule has 0 fully saturated rings. The number of benzene rings is 1. The van der Waals surface area contributed by atoms with Crippen molar-refractivity contribution >= 4 is 27.1 Å². The van der Waals surface area contributed by atoms with Crippen molar-refractivity contribution in [2.45, 2.75) is 20.3 Å². The highest BCUT2D eigenvalue weighted by Crippen LogP contribution is 2.24. The van der Waals surface area contributed by atoms with Gasteiger partial charge in [-0.1, -0.05) is 13.0 Å². The van der Waals surface area contributed by atoms with Crippen LogP contribution in [0.4, 0.5) is 11.4 Å². The van der Waals surface area contributed by atoms with Crippen LogP contribution in [-0.2, 0) is 14.6 Å². The van der Waals surface area contributed by atoms with Crippen molar-refractivity contribution in [3.63, 3.8) is 0 Å². The van der Waals surface area contributed by atoms with Gasteiger partial charge in [0.25, 0.3) is 5.69 Å². The standard InChI is InChI=1S/C12H16N2O5S/c1-3-7-20(18,19)8-12(15)13-10-5-4-6-11(9(10)2)14(16)17/h4-6H,3,7-8H2,1-2H3,(H,13,15). The Morgan fingerprint density at radius 3 is 2.60 bits per heavy atom. The van der Waals surface area contributed by atoms with Gasteiger partial charge in [0.2, 0.25) is 5.91 Å². The molecule has 0 aliphatic rings. The lowest BCUT2D eigenvalue weighted by atomic mass is 10.1. The van der Waals surface area contributed by atoms with E-state index in [9.17, 15) is 23.3 Å². The zero-order chi connectivity index (χ0) is 15.3. The second-order valence-corrected chi connectivity index (χ2v) is 6.53. The number of nitrogens with zero attached hydrogens (tertiary/aromatic N) is 1. The Balaban J connectivity index is 2.87. The zero-order valence-electron chi connectivity index (χ0n) is 11.3. The van der Waals surface area contributed by atoms with Crippen LogP contribution >= 0.6 is 0 Å². The van der Waals surface area contributed by atoms with Crippen LogP contribution in [0.15, 0.2) is 18.2 Å². The molecule has 0 radical (unpaired) electrons. The largest absolute Gasteiger partial charge is 0.325 e. The summed E-state index contributed by atoms with van der Waals surface area (Å²) in [7, 11) is -3.44. The normalized spacial score (nSPS) is 11.1. The van der Waals surface area contributed by atoms with Crippen LogP contribution in [0.1, 0.15) is 18.9 Å². The average Bonchev–Trinajstić information content (AvgIpc) is 2.30. The van der Waals surface area contributed by atoms with E-state index in [4.69, 9.17) is 0 Å². The molecular formula is C12H16N2O5S. The van der Waals surface area contributed by atoms with Crippen LogP contribution in [0.25, 0.3) is 0 Å². The van der Waals surface area contributed by atoms with Crippen LogP contribution in [0.2, 0.25) is 0 Å². The summed E-state index contributed by atoms with van der Waals surface area (Å²) in [5.41, 5.74) is 0.411. The van der Waals surface area contributed by atoms with Crippen LogP contribution in [0, 0.1) is 17.0 Å². The molecule has 20 heavy (non-hydrogen) atoms. The van der Waals surface area contributed by atoms with E-state index in [-0.39, 0.29) is 17.1 Å². The van der Waals surface area contributed by atoms with Crippen molar-refractivity contribution in [1.29, 1.82) is 0 Å². The molecule has 110 valence electrons. The lowest BCUT2D eigenvalue weighted by Gasteiger charge is -2.08. The molecule has 1 amide bonds. The summed E-state index contributed by atoms with van der Waals surface area (Å²) < 4.78 is 23.0. The van der Waals surface area contributed by atoms with Crippen molar-refractivity contribution in [1.82, 2.24) is 0 Å². The Labute approximate surface area is 117 Å². The summed E-state index contributed by atoms with van der Waals surface area (Å²) in [5.74, 6) is -1.38. The van der Waals surface area contributed by atoms with Gasteiger partial charge in [0.1, 0.15) is 5.75 Å². The second-order valence-electron chi connectivity index (χ2n) is 4.35. The SMILES string of the molecule is CCCS(=O)(=O)CC(=O)Nc1cccc([N+](=O)[O-])c1C. The quantitative estimate of drug-likeness (QED) is 0.635. The Kier molecular flexibility index (Phi) is 5.20. The minimum Gasteiger partial charge on any atom is -0.325 e. The third-order valence-corrected chi connectivity index (χ3v) is 4.37. The van der Waals surface area contributed by atoms with Crippen molar-refractivity contribution in [2.75, 3.05) is 16.8 Å². The smallest absolute Gasteiger partial charge is 0.274 e. The average molecular weight is 300 g/mol. The van der Waals surface area contributed by atoms with Crippen LogP contribution < -0.4 is 5.32 Å². The summed E-state index contributed by atoms with van der Waals surface area (Å²) in [6.45, 7) is 3.20. The Hall–Kier alpha value is -1.96. The summed E-state index contributed by atoms with van der Waals surface area (Å²) >= 11 is 0. The van der Waals surface area contributed by atoms with Crippen molar-refractivity contribution in [3.05, 3.63) is 33.9 Å². The molecule has 8 heteroatoms. The van der Waals surface area contributed by atoms with E-state index in [0.717, 1.165) is 0 Å². The molecule has 1 N–H and O–H groups in total. The van der Waals surface area contributed by atoms with Crippen LogP contribution in [-0.4, -0.2) is 30.8 Å². The predicted molar refractivity (Wildman–Crippen MR) is 75.4 cm³/mol. The number of nitro benzene ring substituents is 1. The maximum absolute atomic E-state index is 11.7. The minimum atomic E-state index is -3.44. The van der Waals surface area contributed by atoms with E-state index >= 15 is 0 Å². The number of hydrogen-bond donors (Lipinski definition) is 1. The molecule has 0 unspecified atom stereocenters. The Morgan fingerprint density at radius 2 is 2.05 bits per heavy atom. The summed E-state index contributed by atoms with van der Waals surface area (Å²) in [6, 6.07) is 4.24. The first-order valence-corrected chi connectivity index (χ1v) is 7.83. The number of nitrogens with one attached hydrogen (secondary N) is 1. The van der Waals surface area contributed by atoms with Gasteiger partial charge >= 0.3 is 0 Å². The first-order valence-electron chi connectivity index (χ1n) is 6.01. The molecule has 0 aliphatic carbocycles. The fourth-order valence-corrected chi connectivity index (χ4v) is 2.96. The molecule has 1 aromatic carbocycles. The third kappa shape index (κ3) is 4.30. The molecule has 0 heterocycles. The molecule has 1 rings (SSSR count). The van der Waals surface area contributed by atoms with Gasteiger partial charge in [0, 0.05) is 6.07 Å². The van der Waals surface area contributed by atoms with E-state index in [2.05, 4.69) is 5.32 Å². The van der Waals surface area contributed by atoms with Crippen LogP contribution in [0.5, 0.6) is 0 Å². The van der Waals surface area contributed by atoms with Gasteiger partial charge in [-0.2, -0.15) is 0 Å². The summed E-state index contributed by atoms with van der Waals surface area (Å²) in [4.78, 5) is 21.9. The molecule has 7 nitrogen and oxygen atoms in total. The van der Waals surface area contributed by atoms with Crippen molar-refractivity contribution in [3.8, 4) is 0 Å². The van der Waals surface area contributed by atoms with E-state index < -0.39 is 26.4 Å². The van der Waals surface area contributed by atoms with Gasteiger partial charge in [-0.3, -0.25) is 14.9 Å². The first kappa shape index (κ1) is 16.1. The van der Waals surface area contributed by atoms with Crippen molar-refractivity contribution < 1.29 is 18.1 Å². The molecule has 0 atom stereocenters. The van der Waals surface area contributed by atoms with E-state index in [1.54, 1.807) is 6.92 Å². The van der Waals surface area contributed by atoms with Crippen molar-refractivity contribution in [2.24, 2.45) is 0 Å². The first-order chi connectivity index (χ1) is 9.26. The second kappa shape index (κ2) is 6.47. The number of anilines is 1. The number of hydrogen-bond acceptors (Lipinski definition) is 5. The number of sulfone groups is 1. The lowest BCUT2D eigenvalue weighted by Crippen LogP contribution is -2.24. The van der Waals surface area contributed by atoms with Gasteiger partial charge in [0.15, 0.2) is 9.84 Å². The molecule has 1 aromatic rings. The van der Waals surface area contributed by atoms with Gasteiger partial charge in [-0.15, -0.1) is 0 Å². The molecule has 0 saturated carbocycles. The van der Waals surface area contributed by atoms with E-state index in [1.165, 1.54) is 25.1 Å². The number of carbonyl (C=O) groups is 1. The summed E-state index contributed by atoms with van der Waals surface area (Å²) in [6.07, 6.45) is 0.436. The molecule has 0 aromatic heterocycles. The highest BCUT2D eigenvalue weighted by Gasteiger charge is 2.18. The fourth-order valence-electron chi connectivity index (χ4n) is 1.73.